The largest absolute Gasteiger partial charge is 0.337 e. The van der Waals surface area contributed by atoms with E-state index < -0.39 is 0 Å². The molecule has 0 unspecified atom stereocenters. The van der Waals surface area contributed by atoms with Gasteiger partial charge in [-0.05, 0) is 38.1 Å². The van der Waals surface area contributed by atoms with E-state index in [0.717, 1.165) is 42.3 Å². The minimum Gasteiger partial charge on any atom is -0.337 e. The third kappa shape index (κ3) is 3.38. The topological polar surface area (TPSA) is 75.9 Å². The lowest BCUT2D eigenvalue weighted by atomic mass is 10.1. The number of carbonyl (C=O) groups is 1. The normalized spacial score (nSPS) is 15.1. The Labute approximate surface area is 155 Å². The van der Waals surface area contributed by atoms with E-state index in [1.54, 1.807) is 17.1 Å². The fourth-order valence-corrected chi connectivity index (χ4v) is 3.86. The van der Waals surface area contributed by atoms with Crippen molar-refractivity contribution in [3.05, 3.63) is 47.9 Å². The quantitative estimate of drug-likeness (QED) is 0.764. The van der Waals surface area contributed by atoms with Crippen LogP contribution in [0.2, 0.25) is 0 Å². The van der Waals surface area contributed by atoms with E-state index in [-0.39, 0.29) is 11.9 Å². The number of pyridine rings is 1. The van der Waals surface area contributed by atoms with Gasteiger partial charge in [-0.1, -0.05) is 6.07 Å². The summed E-state index contributed by atoms with van der Waals surface area (Å²) in [5.41, 5.74) is 1.38. The lowest BCUT2D eigenvalue weighted by Crippen LogP contribution is -2.44. The zero-order chi connectivity index (χ0) is 17.9. The lowest BCUT2D eigenvalue weighted by molar-refractivity contribution is 0.0698. The molecule has 8 heteroatoms. The van der Waals surface area contributed by atoms with Crippen LogP contribution in [0.25, 0.3) is 16.4 Å². The van der Waals surface area contributed by atoms with E-state index in [4.69, 9.17) is 0 Å². The first-order chi connectivity index (χ1) is 12.7. The molecule has 3 aromatic heterocycles. The van der Waals surface area contributed by atoms with Gasteiger partial charge in [0, 0.05) is 36.4 Å². The highest BCUT2D eigenvalue weighted by molar-refractivity contribution is 7.13. The van der Waals surface area contributed by atoms with Crippen molar-refractivity contribution in [1.29, 1.82) is 0 Å². The summed E-state index contributed by atoms with van der Waals surface area (Å²) in [4.78, 5) is 23.4. The Kier molecular flexibility index (Phi) is 4.77. The van der Waals surface area contributed by atoms with Crippen LogP contribution in [0.1, 0.15) is 23.3 Å². The molecule has 7 nitrogen and oxygen atoms in total. The lowest BCUT2D eigenvalue weighted by Gasteiger charge is -2.31. The van der Waals surface area contributed by atoms with Gasteiger partial charge in [0.2, 0.25) is 0 Å². The van der Waals surface area contributed by atoms with Gasteiger partial charge in [-0.15, -0.1) is 11.3 Å². The SMILES string of the molecule is CN(C(=O)c1csc(-c2cnn(-c3ccccn3)c2)n1)C1CCNCC1. The van der Waals surface area contributed by atoms with Gasteiger partial charge in [-0.3, -0.25) is 4.79 Å². The van der Waals surface area contributed by atoms with Crippen LogP contribution in [0, 0.1) is 0 Å². The van der Waals surface area contributed by atoms with E-state index in [9.17, 15) is 4.79 Å². The summed E-state index contributed by atoms with van der Waals surface area (Å²) >= 11 is 1.46. The van der Waals surface area contributed by atoms with Gasteiger partial charge in [0.25, 0.3) is 5.91 Å². The first-order valence-corrected chi connectivity index (χ1v) is 9.50. The molecule has 1 amide bonds. The molecule has 0 atom stereocenters. The van der Waals surface area contributed by atoms with Crippen LogP contribution in [0.3, 0.4) is 0 Å². The molecule has 1 aliphatic rings. The minimum atomic E-state index is -0.0171. The molecule has 1 aliphatic heterocycles. The molecule has 1 N–H and O–H groups in total. The third-order valence-corrected chi connectivity index (χ3v) is 5.50. The molecule has 4 rings (SSSR count). The summed E-state index contributed by atoms with van der Waals surface area (Å²) in [7, 11) is 1.87. The maximum atomic E-state index is 12.7. The standard InChI is InChI=1S/C18H20N6OS/c1-23(14-5-8-19-9-6-14)18(25)15-12-26-17(22-15)13-10-21-24(11-13)16-4-2-3-7-20-16/h2-4,7,10-12,14,19H,5-6,8-9H2,1H3. The van der Waals surface area contributed by atoms with Gasteiger partial charge in [0.1, 0.15) is 10.7 Å². The summed E-state index contributed by atoms with van der Waals surface area (Å²) in [6.07, 6.45) is 7.32. The van der Waals surface area contributed by atoms with Crippen LogP contribution in [-0.2, 0) is 0 Å². The van der Waals surface area contributed by atoms with Crippen molar-refractivity contribution in [2.45, 2.75) is 18.9 Å². The van der Waals surface area contributed by atoms with Crippen molar-refractivity contribution in [3.8, 4) is 16.4 Å². The first-order valence-electron chi connectivity index (χ1n) is 8.62. The van der Waals surface area contributed by atoms with Crippen LogP contribution >= 0.6 is 11.3 Å². The highest BCUT2D eigenvalue weighted by Crippen LogP contribution is 2.25. The van der Waals surface area contributed by atoms with Crippen molar-refractivity contribution < 1.29 is 4.79 Å². The van der Waals surface area contributed by atoms with E-state index in [1.807, 2.05) is 41.7 Å². The van der Waals surface area contributed by atoms with Gasteiger partial charge in [-0.25, -0.2) is 14.6 Å². The number of aromatic nitrogens is 4. The predicted molar refractivity (Wildman–Crippen MR) is 100 cm³/mol. The smallest absolute Gasteiger partial charge is 0.273 e. The summed E-state index contributed by atoms with van der Waals surface area (Å²) in [5, 5.41) is 10.3. The zero-order valence-electron chi connectivity index (χ0n) is 14.5. The molecule has 4 heterocycles. The Hall–Kier alpha value is -2.58. The zero-order valence-corrected chi connectivity index (χ0v) is 15.3. The van der Waals surface area contributed by atoms with E-state index in [1.165, 1.54) is 11.3 Å². The van der Waals surface area contributed by atoms with Crippen LogP contribution in [0.15, 0.2) is 42.2 Å². The highest BCUT2D eigenvalue weighted by atomic mass is 32.1. The van der Waals surface area contributed by atoms with Gasteiger partial charge in [0.15, 0.2) is 5.82 Å². The Morgan fingerprint density at radius 1 is 1.35 bits per heavy atom. The Bertz CT molecular complexity index is 884. The molecular formula is C18H20N6OS. The van der Waals surface area contributed by atoms with Gasteiger partial charge < -0.3 is 10.2 Å². The maximum absolute atomic E-state index is 12.7. The van der Waals surface area contributed by atoms with Gasteiger partial charge in [-0.2, -0.15) is 5.10 Å². The predicted octanol–water partition coefficient (Wildman–Crippen LogP) is 2.21. The number of hydrogen-bond acceptors (Lipinski definition) is 6. The van der Waals surface area contributed by atoms with Crippen molar-refractivity contribution in [1.82, 2.24) is 30.0 Å². The third-order valence-electron chi connectivity index (χ3n) is 4.61. The number of thiazole rings is 1. The summed E-state index contributed by atoms with van der Waals surface area (Å²) in [6, 6.07) is 5.95. The van der Waals surface area contributed by atoms with Crippen molar-refractivity contribution in [2.24, 2.45) is 0 Å². The van der Waals surface area contributed by atoms with Crippen molar-refractivity contribution in [3.63, 3.8) is 0 Å². The van der Waals surface area contributed by atoms with Crippen LogP contribution in [0.5, 0.6) is 0 Å². The van der Waals surface area contributed by atoms with Crippen molar-refractivity contribution >= 4 is 17.2 Å². The van der Waals surface area contributed by atoms with E-state index in [2.05, 4.69) is 20.4 Å². The molecule has 0 radical (unpaired) electrons. The van der Waals surface area contributed by atoms with E-state index >= 15 is 0 Å². The number of rotatable bonds is 4. The molecule has 0 saturated carbocycles. The number of piperidine rings is 1. The molecule has 26 heavy (non-hydrogen) atoms. The second-order valence-corrected chi connectivity index (χ2v) is 7.15. The number of amides is 1. The summed E-state index contributed by atoms with van der Waals surface area (Å²) < 4.78 is 1.71. The Morgan fingerprint density at radius 2 is 2.19 bits per heavy atom. The molecule has 1 saturated heterocycles. The average Bonchev–Trinajstić information content (AvgIpc) is 3.38. The highest BCUT2D eigenvalue weighted by Gasteiger charge is 2.24. The fraction of sp³-hybridized carbons (Fsp3) is 0.333. The van der Waals surface area contributed by atoms with Crippen molar-refractivity contribution in [2.75, 3.05) is 20.1 Å². The maximum Gasteiger partial charge on any atom is 0.273 e. The molecule has 3 aromatic rings. The van der Waals surface area contributed by atoms with Crippen LogP contribution < -0.4 is 5.32 Å². The monoisotopic (exact) mass is 368 g/mol. The number of carbonyl (C=O) groups excluding carboxylic acids is 1. The first kappa shape index (κ1) is 16.9. The summed E-state index contributed by atoms with van der Waals surface area (Å²) in [5.74, 6) is 0.730. The molecule has 0 aliphatic carbocycles. The second kappa shape index (κ2) is 7.35. The van der Waals surface area contributed by atoms with Gasteiger partial charge >= 0.3 is 0 Å². The number of hydrogen-bond donors (Lipinski definition) is 1. The number of nitrogens with one attached hydrogen (secondary N) is 1. The van der Waals surface area contributed by atoms with E-state index in [0.29, 0.717) is 5.69 Å². The second-order valence-electron chi connectivity index (χ2n) is 6.30. The molecule has 1 fully saturated rings. The average molecular weight is 368 g/mol. The molecule has 0 spiro atoms. The van der Waals surface area contributed by atoms with Crippen LogP contribution in [0.4, 0.5) is 0 Å². The summed E-state index contributed by atoms with van der Waals surface area (Å²) in [6.45, 7) is 1.91. The molecule has 0 bridgehead atoms. The minimum absolute atomic E-state index is 0.0171. The molecule has 0 aromatic carbocycles. The molecule has 134 valence electrons. The number of nitrogens with zero attached hydrogens (tertiary/aromatic N) is 5. The Balaban J connectivity index is 1.51. The molecular weight excluding hydrogens is 348 g/mol. The fourth-order valence-electron chi connectivity index (χ4n) is 3.09. The Morgan fingerprint density at radius 3 is 2.96 bits per heavy atom. The van der Waals surface area contributed by atoms with Gasteiger partial charge in [0.05, 0.1) is 6.20 Å². The van der Waals surface area contributed by atoms with Crippen LogP contribution in [-0.4, -0.2) is 56.7 Å².